The Hall–Kier alpha value is -1.19. The van der Waals surface area contributed by atoms with Gasteiger partial charge in [0.25, 0.3) is 0 Å². The maximum absolute atomic E-state index is 6.30. The van der Waals surface area contributed by atoms with E-state index < -0.39 is 0 Å². The molecule has 104 valence electrons. The van der Waals surface area contributed by atoms with Gasteiger partial charge in [-0.1, -0.05) is 34.4 Å². The lowest BCUT2D eigenvalue weighted by molar-refractivity contribution is 0.356. The minimum absolute atomic E-state index is 0.407. The number of nitrogens with two attached hydrogens (primary N) is 1. The van der Waals surface area contributed by atoms with Gasteiger partial charge in [0.05, 0.1) is 10.6 Å². The number of fused-ring (bicyclic) bond motifs is 1. The van der Waals surface area contributed by atoms with E-state index in [9.17, 15) is 0 Å². The van der Waals surface area contributed by atoms with Crippen LogP contribution in [0.15, 0.2) is 22.7 Å². The summed E-state index contributed by atoms with van der Waals surface area (Å²) in [6.45, 7) is 0. The summed E-state index contributed by atoms with van der Waals surface area (Å²) in [5.41, 5.74) is 7.69. The summed E-state index contributed by atoms with van der Waals surface area (Å²) in [4.78, 5) is 0. The molecule has 2 fully saturated rings. The third-order valence-electron chi connectivity index (χ3n) is 4.56. The van der Waals surface area contributed by atoms with Gasteiger partial charge in [-0.15, -0.1) is 0 Å². The molecule has 0 radical (unpaired) electrons. The van der Waals surface area contributed by atoms with Crippen molar-refractivity contribution in [3.8, 4) is 11.1 Å². The van der Waals surface area contributed by atoms with Gasteiger partial charge >= 0.3 is 0 Å². The second-order valence-electron chi connectivity index (χ2n) is 5.86. The van der Waals surface area contributed by atoms with Crippen molar-refractivity contribution >= 4 is 29.0 Å². The Bertz CT molecular complexity index is 673. The monoisotopic (exact) mass is 308 g/mol. The van der Waals surface area contributed by atoms with Crippen molar-refractivity contribution in [1.29, 1.82) is 0 Å². The van der Waals surface area contributed by atoms with Gasteiger partial charge in [0.15, 0.2) is 5.82 Å². The average molecular weight is 309 g/mol. The molecule has 0 spiro atoms. The van der Waals surface area contributed by atoms with Crippen LogP contribution in [-0.4, -0.2) is 5.16 Å². The molecule has 0 amide bonds. The fourth-order valence-electron chi connectivity index (χ4n) is 3.49. The first-order valence-corrected chi connectivity index (χ1v) is 7.59. The summed E-state index contributed by atoms with van der Waals surface area (Å²) in [6.07, 6.45) is 3.73. The summed E-state index contributed by atoms with van der Waals surface area (Å²) in [7, 11) is 0. The Morgan fingerprint density at radius 2 is 1.90 bits per heavy atom. The van der Waals surface area contributed by atoms with Crippen molar-refractivity contribution in [2.24, 2.45) is 11.8 Å². The van der Waals surface area contributed by atoms with E-state index in [0.717, 1.165) is 28.7 Å². The number of aromatic nitrogens is 1. The molecule has 1 heterocycles. The lowest BCUT2D eigenvalue weighted by Crippen LogP contribution is -1.98. The molecular formula is C15H14Cl2N2O. The Morgan fingerprint density at radius 3 is 2.60 bits per heavy atom. The van der Waals surface area contributed by atoms with Gasteiger partial charge < -0.3 is 10.3 Å². The Balaban J connectivity index is 1.78. The number of halogens is 2. The van der Waals surface area contributed by atoms with E-state index in [2.05, 4.69) is 5.16 Å². The molecule has 2 saturated carbocycles. The Morgan fingerprint density at radius 1 is 1.15 bits per heavy atom. The zero-order chi connectivity index (χ0) is 13.9. The third-order valence-corrected chi connectivity index (χ3v) is 5.11. The molecule has 0 saturated heterocycles. The van der Waals surface area contributed by atoms with Crippen molar-refractivity contribution in [3.63, 3.8) is 0 Å². The number of hydrogen-bond donors (Lipinski definition) is 1. The first-order valence-electron chi connectivity index (χ1n) is 6.84. The van der Waals surface area contributed by atoms with Crippen molar-refractivity contribution in [3.05, 3.63) is 34.0 Å². The summed E-state index contributed by atoms with van der Waals surface area (Å²) in [5.74, 6) is 3.47. The summed E-state index contributed by atoms with van der Waals surface area (Å²) >= 11 is 12.3. The van der Waals surface area contributed by atoms with Crippen LogP contribution in [-0.2, 0) is 0 Å². The zero-order valence-electron chi connectivity index (χ0n) is 10.8. The van der Waals surface area contributed by atoms with Gasteiger partial charge in [-0.25, -0.2) is 0 Å². The van der Waals surface area contributed by atoms with E-state index in [1.54, 1.807) is 6.07 Å². The predicted octanol–water partition coefficient (Wildman–Crippen LogP) is 4.74. The molecule has 0 aliphatic heterocycles. The molecule has 5 heteroatoms. The lowest BCUT2D eigenvalue weighted by atomic mass is 9.94. The second-order valence-corrected chi connectivity index (χ2v) is 6.70. The number of nitrogens with zero attached hydrogens (tertiary/aromatic N) is 1. The van der Waals surface area contributed by atoms with E-state index in [1.807, 2.05) is 12.1 Å². The van der Waals surface area contributed by atoms with Crippen LogP contribution in [0.1, 0.15) is 30.9 Å². The van der Waals surface area contributed by atoms with Crippen molar-refractivity contribution in [1.82, 2.24) is 5.16 Å². The third kappa shape index (κ3) is 1.92. The smallest absolute Gasteiger partial charge is 0.175 e. The van der Waals surface area contributed by atoms with Crippen LogP contribution in [0.2, 0.25) is 10.0 Å². The van der Waals surface area contributed by atoms with Gasteiger partial charge in [0.1, 0.15) is 5.76 Å². The highest BCUT2D eigenvalue weighted by Gasteiger charge is 2.48. The van der Waals surface area contributed by atoms with E-state index >= 15 is 0 Å². The van der Waals surface area contributed by atoms with Gasteiger partial charge in [0, 0.05) is 16.5 Å². The van der Waals surface area contributed by atoms with Gasteiger partial charge in [-0.05, 0) is 43.2 Å². The van der Waals surface area contributed by atoms with Gasteiger partial charge in [-0.3, -0.25) is 0 Å². The van der Waals surface area contributed by atoms with Crippen molar-refractivity contribution < 1.29 is 4.52 Å². The number of rotatable bonds is 2. The molecule has 1 aromatic carbocycles. The minimum atomic E-state index is 0.407. The van der Waals surface area contributed by atoms with E-state index in [4.69, 9.17) is 33.5 Å². The minimum Gasteiger partial charge on any atom is -0.380 e. The first kappa shape index (κ1) is 12.5. The highest BCUT2D eigenvalue weighted by Crippen LogP contribution is 2.59. The lowest BCUT2D eigenvalue weighted by Gasteiger charge is -2.11. The second kappa shape index (κ2) is 4.40. The highest BCUT2D eigenvalue weighted by atomic mass is 35.5. The molecule has 2 aromatic rings. The molecule has 0 bridgehead atoms. The molecule has 20 heavy (non-hydrogen) atoms. The molecule has 4 rings (SSSR count). The molecular weight excluding hydrogens is 295 g/mol. The van der Waals surface area contributed by atoms with Crippen molar-refractivity contribution in [2.75, 3.05) is 5.73 Å². The standard InChI is InChI=1S/C15H14Cl2N2O/c16-10-1-2-11(12(17)6-10)13-14(20-19-15(13)18)9-4-7-3-8(7)5-9/h1-2,6-9H,3-5H2,(H2,18,19). The van der Waals surface area contributed by atoms with Crippen LogP contribution in [0.25, 0.3) is 11.1 Å². The first-order chi connectivity index (χ1) is 9.63. The summed E-state index contributed by atoms with van der Waals surface area (Å²) in [6, 6.07) is 5.42. The molecule has 3 nitrogen and oxygen atoms in total. The van der Waals surface area contributed by atoms with E-state index in [-0.39, 0.29) is 0 Å². The number of hydrogen-bond acceptors (Lipinski definition) is 3. The average Bonchev–Trinajstić information content (AvgIpc) is 2.83. The maximum Gasteiger partial charge on any atom is 0.175 e. The normalized spacial score (nSPS) is 27.6. The molecule has 2 unspecified atom stereocenters. The number of nitrogen functional groups attached to an aromatic ring is 1. The molecule has 2 aliphatic carbocycles. The predicted molar refractivity (Wildman–Crippen MR) is 79.9 cm³/mol. The van der Waals surface area contributed by atoms with Crippen LogP contribution >= 0.6 is 23.2 Å². The highest BCUT2D eigenvalue weighted by molar-refractivity contribution is 6.36. The van der Waals surface area contributed by atoms with Gasteiger partial charge in [0.2, 0.25) is 0 Å². The van der Waals surface area contributed by atoms with E-state index in [1.165, 1.54) is 19.3 Å². The van der Waals surface area contributed by atoms with E-state index in [0.29, 0.717) is 21.8 Å². The molecule has 2 N–H and O–H groups in total. The summed E-state index contributed by atoms with van der Waals surface area (Å²) in [5, 5.41) is 5.14. The van der Waals surface area contributed by atoms with Crippen LogP contribution < -0.4 is 5.73 Å². The van der Waals surface area contributed by atoms with Crippen molar-refractivity contribution in [2.45, 2.75) is 25.2 Å². The number of benzene rings is 1. The summed E-state index contributed by atoms with van der Waals surface area (Å²) < 4.78 is 5.52. The molecule has 1 aromatic heterocycles. The number of anilines is 1. The van der Waals surface area contributed by atoms with Crippen LogP contribution in [0.5, 0.6) is 0 Å². The van der Waals surface area contributed by atoms with Crippen LogP contribution in [0.3, 0.4) is 0 Å². The Labute approximate surface area is 127 Å². The topological polar surface area (TPSA) is 52.0 Å². The fraction of sp³-hybridized carbons (Fsp3) is 0.400. The molecule has 2 atom stereocenters. The Kier molecular flexibility index (Phi) is 2.76. The molecule has 2 aliphatic rings. The quantitative estimate of drug-likeness (QED) is 0.871. The fourth-order valence-corrected chi connectivity index (χ4v) is 3.99. The zero-order valence-corrected chi connectivity index (χ0v) is 12.3. The van der Waals surface area contributed by atoms with Gasteiger partial charge in [-0.2, -0.15) is 0 Å². The SMILES string of the molecule is Nc1noc(C2CC3CC3C2)c1-c1ccc(Cl)cc1Cl. The van der Waals surface area contributed by atoms with Crippen LogP contribution in [0.4, 0.5) is 5.82 Å². The maximum atomic E-state index is 6.30. The largest absolute Gasteiger partial charge is 0.380 e. The van der Waals surface area contributed by atoms with Crippen LogP contribution in [0, 0.1) is 11.8 Å².